The Morgan fingerprint density at radius 2 is 2.05 bits per heavy atom. The van der Waals surface area contributed by atoms with E-state index in [-0.39, 0.29) is 19.0 Å². The van der Waals surface area contributed by atoms with Gasteiger partial charge in [0.05, 0.1) is 17.5 Å². The number of hydrazone groups is 1. The van der Waals surface area contributed by atoms with Gasteiger partial charge in [0.25, 0.3) is 5.91 Å². The monoisotopic (exact) mass is 434 g/mol. The van der Waals surface area contributed by atoms with Crippen molar-refractivity contribution in [2.45, 2.75) is 20.3 Å². The number of carbonyl (C=O) groups is 2. The molecule has 1 aromatic rings. The Hall–Kier alpha value is -1.41. The van der Waals surface area contributed by atoms with Gasteiger partial charge >= 0.3 is 5.97 Å². The predicted octanol–water partition coefficient (Wildman–Crippen LogP) is 3.04. The van der Waals surface area contributed by atoms with Crippen LogP contribution in [0.2, 0.25) is 0 Å². The summed E-state index contributed by atoms with van der Waals surface area (Å²) in [6.45, 7) is 3.48. The van der Waals surface area contributed by atoms with Gasteiger partial charge in [-0.1, -0.05) is 15.9 Å². The number of hydrogen-bond donors (Lipinski definition) is 1. The molecule has 0 spiro atoms. The number of esters is 1. The van der Waals surface area contributed by atoms with E-state index in [0.29, 0.717) is 18.1 Å². The number of nitrogens with one attached hydrogen (secondary N) is 1. The summed E-state index contributed by atoms with van der Waals surface area (Å²) >= 11 is 6.66. The minimum absolute atomic E-state index is 0.0350. The minimum atomic E-state index is -0.418. The van der Waals surface area contributed by atoms with Crippen molar-refractivity contribution in [1.29, 1.82) is 0 Å². The minimum Gasteiger partial charge on any atom is -0.483 e. The van der Waals surface area contributed by atoms with Crippen molar-refractivity contribution < 1.29 is 19.1 Å². The van der Waals surface area contributed by atoms with Gasteiger partial charge in [-0.2, -0.15) is 5.10 Å². The van der Waals surface area contributed by atoms with Gasteiger partial charge in [-0.3, -0.25) is 9.59 Å². The number of halogens is 2. The number of amides is 1. The van der Waals surface area contributed by atoms with Crippen LogP contribution < -0.4 is 10.2 Å². The number of nitrogens with zero attached hydrogens (tertiary/aromatic N) is 1. The Morgan fingerprint density at radius 3 is 2.68 bits per heavy atom. The average molecular weight is 436 g/mol. The molecule has 1 aromatic carbocycles. The summed E-state index contributed by atoms with van der Waals surface area (Å²) in [5.74, 6) is -0.253. The van der Waals surface area contributed by atoms with Crippen LogP contribution in [0.4, 0.5) is 0 Å². The Morgan fingerprint density at radius 1 is 1.32 bits per heavy atom. The molecule has 0 heterocycles. The summed E-state index contributed by atoms with van der Waals surface area (Å²) < 4.78 is 11.8. The Bertz CT molecular complexity index is 576. The summed E-state index contributed by atoms with van der Waals surface area (Å²) in [4.78, 5) is 22.9. The van der Waals surface area contributed by atoms with Crippen LogP contribution in [0.5, 0.6) is 5.75 Å². The molecule has 0 saturated heterocycles. The quantitative estimate of drug-likeness (QED) is 0.405. The van der Waals surface area contributed by atoms with E-state index in [1.165, 1.54) is 0 Å². The second kappa shape index (κ2) is 9.58. The van der Waals surface area contributed by atoms with Crippen LogP contribution in [0, 0.1) is 0 Å². The molecule has 0 aliphatic carbocycles. The maximum absolute atomic E-state index is 11.6. The van der Waals surface area contributed by atoms with E-state index in [4.69, 9.17) is 9.47 Å². The van der Waals surface area contributed by atoms with Crippen LogP contribution in [0.1, 0.15) is 20.3 Å². The molecular formula is C14H16Br2N2O4. The highest BCUT2D eigenvalue weighted by Gasteiger charge is 2.07. The topological polar surface area (TPSA) is 77.0 Å². The second-order valence-corrected chi connectivity index (χ2v) is 6.00. The zero-order valence-corrected chi connectivity index (χ0v) is 15.4. The fourth-order valence-electron chi connectivity index (χ4n) is 1.39. The first kappa shape index (κ1) is 18.6. The molecule has 0 saturated carbocycles. The van der Waals surface area contributed by atoms with Crippen molar-refractivity contribution >= 4 is 49.4 Å². The third-order valence-corrected chi connectivity index (χ3v) is 3.44. The first-order chi connectivity index (χ1) is 10.4. The number of carbonyl (C=O) groups excluding carboxylic acids is 2. The fraction of sp³-hybridized carbons (Fsp3) is 0.357. The normalized spacial score (nSPS) is 11.0. The Labute approximate surface area is 145 Å². The van der Waals surface area contributed by atoms with E-state index in [2.05, 4.69) is 42.4 Å². The van der Waals surface area contributed by atoms with Crippen LogP contribution in [-0.4, -0.2) is 30.8 Å². The molecular weight excluding hydrogens is 420 g/mol. The van der Waals surface area contributed by atoms with E-state index in [0.717, 1.165) is 8.95 Å². The summed E-state index contributed by atoms with van der Waals surface area (Å²) in [6, 6.07) is 5.35. The molecule has 8 heteroatoms. The van der Waals surface area contributed by atoms with Crippen molar-refractivity contribution in [1.82, 2.24) is 5.43 Å². The van der Waals surface area contributed by atoms with Crippen molar-refractivity contribution in [2.75, 3.05) is 13.2 Å². The van der Waals surface area contributed by atoms with Crippen LogP contribution in [0.25, 0.3) is 0 Å². The van der Waals surface area contributed by atoms with Crippen LogP contribution in [-0.2, 0) is 14.3 Å². The first-order valence-corrected chi connectivity index (χ1v) is 8.06. The number of benzene rings is 1. The lowest BCUT2D eigenvalue weighted by molar-refractivity contribution is -0.141. The number of ether oxygens (including phenoxy) is 2. The van der Waals surface area contributed by atoms with Crippen LogP contribution in [0.3, 0.4) is 0 Å². The van der Waals surface area contributed by atoms with E-state index in [9.17, 15) is 9.59 Å². The zero-order valence-electron chi connectivity index (χ0n) is 12.2. The van der Waals surface area contributed by atoms with Gasteiger partial charge in [-0.15, -0.1) is 0 Å². The lowest BCUT2D eigenvalue weighted by Gasteiger charge is -2.07. The highest BCUT2D eigenvalue weighted by Crippen LogP contribution is 2.27. The maximum atomic E-state index is 11.6. The van der Waals surface area contributed by atoms with Gasteiger partial charge in [0.1, 0.15) is 5.75 Å². The molecule has 0 radical (unpaired) electrons. The van der Waals surface area contributed by atoms with Crippen LogP contribution in [0.15, 0.2) is 32.2 Å². The van der Waals surface area contributed by atoms with Gasteiger partial charge in [0.15, 0.2) is 6.61 Å². The molecule has 1 N–H and O–H groups in total. The molecule has 1 amide bonds. The van der Waals surface area contributed by atoms with Crippen molar-refractivity contribution in [3.8, 4) is 5.75 Å². The fourth-order valence-corrected chi connectivity index (χ4v) is 2.55. The third-order valence-electron chi connectivity index (χ3n) is 2.33. The molecule has 0 atom stereocenters. The lowest BCUT2D eigenvalue weighted by atomic mass is 10.3. The first-order valence-electron chi connectivity index (χ1n) is 6.47. The smallest absolute Gasteiger partial charge is 0.311 e. The predicted molar refractivity (Wildman–Crippen MR) is 89.8 cm³/mol. The van der Waals surface area contributed by atoms with E-state index >= 15 is 0 Å². The van der Waals surface area contributed by atoms with Crippen molar-refractivity contribution in [3.63, 3.8) is 0 Å². The average Bonchev–Trinajstić information content (AvgIpc) is 2.44. The Balaban J connectivity index is 2.41. The lowest BCUT2D eigenvalue weighted by Crippen LogP contribution is -2.26. The summed E-state index contributed by atoms with van der Waals surface area (Å²) in [6.07, 6.45) is 0.0350. The van der Waals surface area contributed by atoms with Gasteiger partial charge < -0.3 is 9.47 Å². The highest BCUT2D eigenvalue weighted by atomic mass is 79.9. The summed E-state index contributed by atoms with van der Waals surface area (Å²) in [7, 11) is 0. The summed E-state index contributed by atoms with van der Waals surface area (Å²) in [5, 5.41) is 3.81. The second-order valence-electron chi connectivity index (χ2n) is 4.23. The molecule has 1 rings (SSSR count). The van der Waals surface area contributed by atoms with E-state index in [1.54, 1.807) is 26.0 Å². The van der Waals surface area contributed by atoms with E-state index in [1.807, 2.05) is 6.07 Å². The Kier molecular flexibility index (Phi) is 8.11. The van der Waals surface area contributed by atoms with Gasteiger partial charge in [0.2, 0.25) is 0 Å². The van der Waals surface area contributed by atoms with Gasteiger partial charge in [-0.25, -0.2) is 5.43 Å². The van der Waals surface area contributed by atoms with Crippen LogP contribution >= 0.6 is 31.9 Å². The van der Waals surface area contributed by atoms with E-state index < -0.39 is 5.91 Å². The van der Waals surface area contributed by atoms with Gasteiger partial charge in [-0.05, 0) is 48.0 Å². The molecule has 22 heavy (non-hydrogen) atoms. The summed E-state index contributed by atoms with van der Waals surface area (Å²) in [5.41, 5.74) is 2.78. The molecule has 0 aliphatic heterocycles. The SMILES string of the molecule is CCOC(=O)C/C(C)=N/NC(=O)COc1ccc(Br)cc1Br. The zero-order chi connectivity index (χ0) is 16.5. The maximum Gasteiger partial charge on any atom is 0.311 e. The van der Waals surface area contributed by atoms with Crippen molar-refractivity contribution in [2.24, 2.45) is 5.10 Å². The molecule has 0 fully saturated rings. The number of hydrogen-bond acceptors (Lipinski definition) is 5. The van der Waals surface area contributed by atoms with Gasteiger partial charge in [0, 0.05) is 10.2 Å². The molecule has 0 aromatic heterocycles. The standard InChI is InChI=1S/C14H16Br2N2O4/c1-3-21-14(20)6-9(2)17-18-13(19)8-22-12-5-4-10(15)7-11(12)16/h4-5,7H,3,6,8H2,1-2H3,(H,18,19)/b17-9+. The van der Waals surface area contributed by atoms with Crippen molar-refractivity contribution in [3.05, 3.63) is 27.1 Å². The molecule has 120 valence electrons. The highest BCUT2D eigenvalue weighted by molar-refractivity contribution is 9.11. The molecule has 6 nitrogen and oxygen atoms in total. The molecule has 0 aliphatic rings. The third kappa shape index (κ3) is 7.04. The number of rotatable bonds is 7. The largest absolute Gasteiger partial charge is 0.483 e. The molecule has 0 bridgehead atoms. The molecule has 0 unspecified atom stereocenters.